The molecule has 2 unspecified atom stereocenters. The molecule has 0 radical (unpaired) electrons. The number of piperidine rings is 2. The minimum atomic E-state index is 0.256. The molecular formula is C16H32N4O. The van der Waals surface area contributed by atoms with E-state index in [0.29, 0.717) is 13.0 Å². The summed E-state index contributed by atoms with van der Waals surface area (Å²) in [6, 6.07) is 0.776. The van der Waals surface area contributed by atoms with Crippen LogP contribution in [0.1, 0.15) is 32.1 Å². The van der Waals surface area contributed by atoms with Crippen molar-refractivity contribution in [1.29, 1.82) is 0 Å². The molecular weight excluding hydrogens is 264 g/mol. The van der Waals surface area contributed by atoms with Gasteiger partial charge in [-0.25, -0.2) is 0 Å². The number of nitrogens with two attached hydrogens (primary N) is 1. The Morgan fingerprint density at radius 2 is 2.14 bits per heavy atom. The minimum Gasteiger partial charge on any atom is -0.346 e. The van der Waals surface area contributed by atoms with Gasteiger partial charge in [-0.3, -0.25) is 4.79 Å². The Hall–Kier alpha value is -0.650. The average Bonchev–Trinajstić information content (AvgIpc) is 2.50. The van der Waals surface area contributed by atoms with E-state index in [0.717, 1.165) is 38.0 Å². The van der Waals surface area contributed by atoms with Crippen molar-refractivity contribution in [2.45, 2.75) is 38.1 Å². The lowest BCUT2D eigenvalue weighted by Crippen LogP contribution is -2.53. The third-order valence-electron chi connectivity index (χ3n) is 5.20. The van der Waals surface area contributed by atoms with Crippen LogP contribution >= 0.6 is 0 Å². The number of carbonyl (C=O) groups excluding carboxylic acids is 1. The Morgan fingerprint density at radius 1 is 1.33 bits per heavy atom. The zero-order chi connectivity index (χ0) is 15.2. The third-order valence-corrected chi connectivity index (χ3v) is 5.20. The second kappa shape index (κ2) is 8.11. The lowest BCUT2D eigenvalue weighted by Gasteiger charge is -2.46. The molecule has 2 heterocycles. The van der Waals surface area contributed by atoms with Gasteiger partial charge in [0.2, 0.25) is 5.91 Å². The van der Waals surface area contributed by atoms with E-state index in [1.807, 2.05) is 11.9 Å². The van der Waals surface area contributed by atoms with Gasteiger partial charge in [-0.05, 0) is 58.3 Å². The summed E-state index contributed by atoms with van der Waals surface area (Å²) in [4.78, 5) is 18.9. The molecule has 5 heteroatoms. The highest BCUT2D eigenvalue weighted by Gasteiger charge is 2.34. The van der Waals surface area contributed by atoms with Gasteiger partial charge in [-0.1, -0.05) is 0 Å². The molecule has 2 saturated heterocycles. The molecule has 0 saturated carbocycles. The van der Waals surface area contributed by atoms with Gasteiger partial charge in [-0.2, -0.15) is 0 Å². The Kier molecular flexibility index (Phi) is 6.45. The molecule has 2 fully saturated rings. The van der Waals surface area contributed by atoms with Gasteiger partial charge < -0.3 is 20.4 Å². The summed E-state index contributed by atoms with van der Waals surface area (Å²) in [6.07, 6.45) is 5.48. The summed E-state index contributed by atoms with van der Waals surface area (Å²) in [5, 5.41) is 0. The molecule has 2 aliphatic heterocycles. The van der Waals surface area contributed by atoms with Crippen LogP contribution in [0.5, 0.6) is 0 Å². The van der Waals surface area contributed by atoms with Crippen LogP contribution in [0.15, 0.2) is 0 Å². The van der Waals surface area contributed by atoms with Crippen LogP contribution in [0.3, 0.4) is 0 Å². The summed E-state index contributed by atoms with van der Waals surface area (Å²) < 4.78 is 0. The van der Waals surface area contributed by atoms with Crippen molar-refractivity contribution in [3.05, 3.63) is 0 Å². The summed E-state index contributed by atoms with van der Waals surface area (Å²) in [5.74, 6) is 1.06. The van der Waals surface area contributed by atoms with E-state index in [2.05, 4.69) is 16.8 Å². The van der Waals surface area contributed by atoms with E-state index >= 15 is 0 Å². The molecule has 0 aromatic heterocycles. The fourth-order valence-electron chi connectivity index (χ4n) is 3.83. The molecule has 0 bridgehead atoms. The molecule has 0 aromatic rings. The molecule has 1 amide bonds. The normalized spacial score (nSPS) is 27.4. The smallest absolute Gasteiger partial charge is 0.223 e. The lowest BCUT2D eigenvalue weighted by atomic mass is 9.84. The van der Waals surface area contributed by atoms with Gasteiger partial charge >= 0.3 is 0 Å². The number of likely N-dealkylation sites (tertiary alicyclic amines) is 2. The molecule has 122 valence electrons. The highest BCUT2D eigenvalue weighted by Crippen LogP contribution is 2.29. The Balaban J connectivity index is 1.71. The van der Waals surface area contributed by atoms with Gasteiger partial charge in [0, 0.05) is 39.1 Å². The average molecular weight is 296 g/mol. The van der Waals surface area contributed by atoms with E-state index in [9.17, 15) is 4.79 Å². The number of carbonyl (C=O) groups is 1. The van der Waals surface area contributed by atoms with E-state index in [1.165, 1.54) is 32.4 Å². The molecule has 0 aromatic carbocycles. The van der Waals surface area contributed by atoms with E-state index < -0.39 is 0 Å². The van der Waals surface area contributed by atoms with Crippen LogP contribution < -0.4 is 5.73 Å². The standard InChI is InChI=1S/C16H32N4O/c1-18-9-3-5-14-13-20(11-6-15(14)18)12-7-16(21)19(2)10-4-8-17/h14-15H,3-13,17H2,1-2H3. The number of hydrogen-bond donors (Lipinski definition) is 1. The largest absolute Gasteiger partial charge is 0.346 e. The van der Waals surface area contributed by atoms with Crippen LogP contribution in [0, 0.1) is 5.92 Å². The number of amides is 1. The van der Waals surface area contributed by atoms with Crippen molar-refractivity contribution in [1.82, 2.24) is 14.7 Å². The Bertz CT molecular complexity index is 336. The van der Waals surface area contributed by atoms with Crippen molar-refractivity contribution in [3.8, 4) is 0 Å². The molecule has 0 aliphatic carbocycles. The van der Waals surface area contributed by atoms with Gasteiger partial charge in [-0.15, -0.1) is 0 Å². The molecule has 5 nitrogen and oxygen atoms in total. The molecule has 0 spiro atoms. The summed E-state index contributed by atoms with van der Waals surface area (Å²) in [6.45, 7) is 5.93. The van der Waals surface area contributed by atoms with Gasteiger partial charge in [0.1, 0.15) is 0 Å². The fourth-order valence-corrected chi connectivity index (χ4v) is 3.83. The predicted octanol–water partition coefficient (Wildman–Crippen LogP) is 0.600. The van der Waals surface area contributed by atoms with Crippen molar-refractivity contribution in [3.63, 3.8) is 0 Å². The zero-order valence-electron chi connectivity index (χ0n) is 13.8. The number of rotatable bonds is 6. The molecule has 2 N–H and O–H groups in total. The van der Waals surface area contributed by atoms with Gasteiger partial charge in [0.15, 0.2) is 0 Å². The molecule has 21 heavy (non-hydrogen) atoms. The third kappa shape index (κ3) is 4.66. The second-order valence-electron chi connectivity index (χ2n) is 6.75. The number of nitrogens with zero attached hydrogens (tertiary/aromatic N) is 3. The van der Waals surface area contributed by atoms with Crippen LogP contribution in [-0.4, -0.2) is 80.0 Å². The highest BCUT2D eigenvalue weighted by atomic mass is 16.2. The fraction of sp³-hybridized carbons (Fsp3) is 0.938. The van der Waals surface area contributed by atoms with Crippen molar-refractivity contribution in [2.24, 2.45) is 11.7 Å². The first-order chi connectivity index (χ1) is 10.1. The maximum atomic E-state index is 12.1. The predicted molar refractivity (Wildman–Crippen MR) is 86.1 cm³/mol. The SMILES string of the molecule is CN(CCCN)C(=O)CCN1CCC2C(CCCN2C)C1. The Morgan fingerprint density at radius 3 is 2.90 bits per heavy atom. The van der Waals surface area contributed by atoms with Gasteiger partial charge in [0.05, 0.1) is 0 Å². The topological polar surface area (TPSA) is 52.8 Å². The molecule has 2 aliphatic rings. The lowest BCUT2D eigenvalue weighted by molar-refractivity contribution is -0.130. The van der Waals surface area contributed by atoms with Gasteiger partial charge in [0.25, 0.3) is 0 Å². The van der Waals surface area contributed by atoms with E-state index in [4.69, 9.17) is 5.73 Å². The van der Waals surface area contributed by atoms with E-state index in [1.54, 1.807) is 0 Å². The zero-order valence-corrected chi connectivity index (χ0v) is 13.8. The van der Waals surface area contributed by atoms with Crippen molar-refractivity contribution in [2.75, 3.05) is 53.4 Å². The second-order valence-corrected chi connectivity index (χ2v) is 6.75. The summed E-state index contributed by atoms with van der Waals surface area (Å²) in [5.41, 5.74) is 5.49. The van der Waals surface area contributed by atoms with Crippen molar-refractivity contribution < 1.29 is 4.79 Å². The maximum absolute atomic E-state index is 12.1. The first-order valence-corrected chi connectivity index (χ1v) is 8.48. The molecule has 2 rings (SSSR count). The van der Waals surface area contributed by atoms with Crippen LogP contribution in [0.2, 0.25) is 0 Å². The van der Waals surface area contributed by atoms with Crippen LogP contribution in [0.4, 0.5) is 0 Å². The highest BCUT2D eigenvalue weighted by molar-refractivity contribution is 5.76. The minimum absolute atomic E-state index is 0.256. The summed E-state index contributed by atoms with van der Waals surface area (Å²) in [7, 11) is 4.16. The van der Waals surface area contributed by atoms with Crippen molar-refractivity contribution >= 4 is 5.91 Å². The Labute approximate surface area is 129 Å². The first-order valence-electron chi connectivity index (χ1n) is 8.48. The molecule has 2 atom stereocenters. The van der Waals surface area contributed by atoms with E-state index in [-0.39, 0.29) is 5.91 Å². The number of fused-ring (bicyclic) bond motifs is 1. The first kappa shape index (κ1) is 16.7. The maximum Gasteiger partial charge on any atom is 0.223 e. The summed E-state index contributed by atoms with van der Waals surface area (Å²) >= 11 is 0. The van der Waals surface area contributed by atoms with Crippen LogP contribution in [-0.2, 0) is 4.79 Å². The quantitative estimate of drug-likeness (QED) is 0.780. The van der Waals surface area contributed by atoms with Crippen LogP contribution in [0.25, 0.3) is 0 Å². The monoisotopic (exact) mass is 296 g/mol. The number of hydrogen-bond acceptors (Lipinski definition) is 4.